The number of aryl methyl sites for hydroxylation is 1. The number of hydrogen-bond donors (Lipinski definition) is 3. The number of carbonyl (C=O) groups excluding carboxylic acids is 1. The molecule has 1 heterocycles. The number of aromatic nitrogens is 2. The fraction of sp³-hybridized carbons (Fsp3) is 0.550. The Morgan fingerprint density at radius 3 is 2.63 bits per heavy atom. The van der Waals surface area contributed by atoms with Crippen LogP contribution < -0.4 is 22.2 Å². The van der Waals surface area contributed by atoms with Crippen LogP contribution in [0.2, 0.25) is 0 Å². The van der Waals surface area contributed by atoms with Gasteiger partial charge in [0.15, 0.2) is 0 Å². The fourth-order valence-corrected chi connectivity index (χ4v) is 4.99. The molecule has 2 aliphatic carbocycles. The van der Waals surface area contributed by atoms with Crippen LogP contribution in [0.3, 0.4) is 0 Å². The van der Waals surface area contributed by atoms with Crippen molar-refractivity contribution in [2.45, 2.75) is 57.7 Å². The average molecular weight is 370 g/mol. The van der Waals surface area contributed by atoms with Crippen LogP contribution in [0.5, 0.6) is 0 Å². The van der Waals surface area contributed by atoms with E-state index in [1.165, 1.54) is 11.0 Å². The summed E-state index contributed by atoms with van der Waals surface area (Å²) in [5, 5.41) is 3.22. The van der Waals surface area contributed by atoms with Gasteiger partial charge in [0.1, 0.15) is 0 Å². The van der Waals surface area contributed by atoms with Crippen LogP contribution in [0, 0.1) is 11.8 Å². The van der Waals surface area contributed by atoms with Crippen LogP contribution in [-0.2, 0) is 6.54 Å². The Hall–Kier alpha value is -2.41. The molecule has 0 saturated heterocycles. The number of H-pyrrole nitrogens is 1. The van der Waals surface area contributed by atoms with E-state index in [4.69, 9.17) is 5.73 Å². The normalized spacial score (nSPS) is 27.5. The maximum absolute atomic E-state index is 12.9. The summed E-state index contributed by atoms with van der Waals surface area (Å²) in [5.41, 5.74) is 6.54. The van der Waals surface area contributed by atoms with Crippen LogP contribution >= 0.6 is 0 Å². The van der Waals surface area contributed by atoms with Crippen LogP contribution in [0.15, 0.2) is 27.8 Å². The molecule has 2 fully saturated rings. The molecule has 2 bridgehead atoms. The number of nitrogens with zero attached hydrogens (tertiary/aromatic N) is 1. The number of aromatic amines is 1. The first-order chi connectivity index (χ1) is 13.0. The summed E-state index contributed by atoms with van der Waals surface area (Å²) in [7, 11) is 0. The lowest BCUT2D eigenvalue weighted by atomic mass is 9.67. The lowest BCUT2D eigenvalue weighted by molar-refractivity contribution is 0.0756. The molecule has 1 aromatic carbocycles. The van der Waals surface area contributed by atoms with Crippen molar-refractivity contribution in [2.24, 2.45) is 17.6 Å². The van der Waals surface area contributed by atoms with Gasteiger partial charge in [-0.25, -0.2) is 0 Å². The van der Waals surface area contributed by atoms with Crippen molar-refractivity contribution in [1.82, 2.24) is 14.9 Å². The number of benzene rings is 1. The van der Waals surface area contributed by atoms with Gasteiger partial charge < -0.3 is 20.6 Å². The van der Waals surface area contributed by atoms with Crippen molar-refractivity contribution in [3.63, 3.8) is 0 Å². The van der Waals surface area contributed by atoms with Crippen LogP contribution in [-0.4, -0.2) is 27.5 Å². The standard InChI is InChI=1S/C20H26N4O3/c1-2-24-16-7-6-13(10-15(16)22-19(26)20(24)27)18(25)23-17-11-4-3-5-12(17)9-14(21)8-11/h6-7,10-12,14,17H,2-5,8-9,21H2,1H3,(H,22,26)(H,23,25). The maximum Gasteiger partial charge on any atom is 0.316 e. The molecule has 2 unspecified atom stereocenters. The number of fused-ring (bicyclic) bond motifs is 3. The summed E-state index contributed by atoms with van der Waals surface area (Å²) >= 11 is 0. The van der Waals surface area contributed by atoms with E-state index in [0.29, 0.717) is 35.0 Å². The van der Waals surface area contributed by atoms with E-state index in [-0.39, 0.29) is 18.0 Å². The second-order valence-corrected chi connectivity index (χ2v) is 7.92. The molecule has 2 aliphatic rings. The first-order valence-corrected chi connectivity index (χ1v) is 9.81. The van der Waals surface area contributed by atoms with Gasteiger partial charge in [-0.05, 0) is 62.6 Å². The first-order valence-electron chi connectivity index (χ1n) is 9.81. The molecule has 0 aliphatic heterocycles. The number of nitrogens with one attached hydrogen (secondary N) is 2. The summed E-state index contributed by atoms with van der Waals surface area (Å²) in [6, 6.07) is 5.51. The molecule has 4 rings (SSSR count). The van der Waals surface area contributed by atoms with E-state index in [9.17, 15) is 14.4 Å². The van der Waals surface area contributed by atoms with Crippen molar-refractivity contribution in [3.05, 3.63) is 44.5 Å². The van der Waals surface area contributed by atoms with Gasteiger partial charge in [0.05, 0.1) is 11.0 Å². The zero-order valence-electron chi connectivity index (χ0n) is 15.5. The molecule has 1 aromatic heterocycles. The monoisotopic (exact) mass is 370 g/mol. The topological polar surface area (TPSA) is 110 Å². The third-order valence-corrected chi connectivity index (χ3v) is 6.23. The molecule has 2 aromatic rings. The van der Waals surface area contributed by atoms with Crippen LogP contribution in [0.4, 0.5) is 0 Å². The van der Waals surface area contributed by atoms with Crippen molar-refractivity contribution in [2.75, 3.05) is 0 Å². The highest BCUT2D eigenvalue weighted by molar-refractivity contribution is 5.97. The third-order valence-electron chi connectivity index (χ3n) is 6.23. The summed E-state index contributed by atoms with van der Waals surface area (Å²) < 4.78 is 1.42. The van der Waals surface area contributed by atoms with Crippen molar-refractivity contribution >= 4 is 16.9 Å². The molecule has 2 saturated carbocycles. The second-order valence-electron chi connectivity index (χ2n) is 7.92. The second kappa shape index (κ2) is 6.96. The van der Waals surface area contributed by atoms with Gasteiger partial charge in [-0.2, -0.15) is 0 Å². The highest BCUT2D eigenvalue weighted by atomic mass is 16.2. The molecule has 2 atom stereocenters. The Kier molecular flexibility index (Phi) is 4.63. The van der Waals surface area contributed by atoms with Gasteiger partial charge in [0.2, 0.25) is 0 Å². The van der Waals surface area contributed by atoms with Crippen LogP contribution in [0.1, 0.15) is 49.4 Å². The fourth-order valence-electron chi connectivity index (χ4n) is 4.99. The number of carbonyl (C=O) groups is 1. The van der Waals surface area contributed by atoms with Crippen molar-refractivity contribution < 1.29 is 4.79 Å². The molecule has 1 amide bonds. The summed E-state index contributed by atoms with van der Waals surface area (Å²) in [6.45, 7) is 2.21. The zero-order valence-corrected chi connectivity index (χ0v) is 15.5. The van der Waals surface area contributed by atoms with Gasteiger partial charge in [-0.1, -0.05) is 6.42 Å². The lowest BCUT2D eigenvalue weighted by Gasteiger charge is -2.45. The minimum absolute atomic E-state index is 0.135. The van der Waals surface area contributed by atoms with E-state index < -0.39 is 11.1 Å². The Morgan fingerprint density at radius 1 is 1.26 bits per heavy atom. The minimum atomic E-state index is -0.669. The van der Waals surface area contributed by atoms with Crippen molar-refractivity contribution in [1.29, 1.82) is 0 Å². The van der Waals surface area contributed by atoms with E-state index in [1.807, 2.05) is 6.92 Å². The quantitative estimate of drug-likeness (QED) is 0.708. The lowest BCUT2D eigenvalue weighted by Crippen LogP contribution is -2.53. The average Bonchev–Trinajstić information content (AvgIpc) is 2.63. The highest BCUT2D eigenvalue weighted by Crippen LogP contribution is 2.39. The van der Waals surface area contributed by atoms with Gasteiger partial charge in [-0.3, -0.25) is 14.4 Å². The van der Waals surface area contributed by atoms with E-state index >= 15 is 0 Å². The predicted molar refractivity (Wildman–Crippen MR) is 104 cm³/mol. The third kappa shape index (κ3) is 3.20. The maximum atomic E-state index is 12.9. The van der Waals surface area contributed by atoms with Crippen molar-refractivity contribution in [3.8, 4) is 0 Å². The molecular weight excluding hydrogens is 344 g/mol. The van der Waals surface area contributed by atoms with E-state index in [0.717, 1.165) is 25.7 Å². The molecule has 7 nitrogen and oxygen atoms in total. The molecule has 7 heteroatoms. The van der Waals surface area contributed by atoms with Gasteiger partial charge in [0, 0.05) is 24.2 Å². The predicted octanol–water partition coefficient (Wildman–Crippen LogP) is 1.35. The Labute approximate surface area is 157 Å². The molecule has 0 spiro atoms. The number of nitrogens with two attached hydrogens (primary N) is 1. The molecular formula is C20H26N4O3. The minimum Gasteiger partial charge on any atom is -0.349 e. The van der Waals surface area contributed by atoms with Crippen LogP contribution in [0.25, 0.3) is 11.0 Å². The molecule has 27 heavy (non-hydrogen) atoms. The van der Waals surface area contributed by atoms with E-state index in [2.05, 4.69) is 10.3 Å². The summed E-state index contributed by atoms with van der Waals surface area (Å²) in [4.78, 5) is 39.3. The Morgan fingerprint density at radius 2 is 1.96 bits per heavy atom. The summed E-state index contributed by atoms with van der Waals surface area (Å²) in [6.07, 6.45) is 5.37. The summed E-state index contributed by atoms with van der Waals surface area (Å²) in [5.74, 6) is 0.758. The largest absolute Gasteiger partial charge is 0.349 e. The number of amides is 1. The SMILES string of the molecule is CCn1c(=O)c(=O)[nH]c2cc(C(=O)NC3C4CCCC3CC(N)C4)ccc21. The zero-order chi connectivity index (χ0) is 19.1. The number of hydrogen-bond acceptors (Lipinski definition) is 4. The van der Waals surface area contributed by atoms with Gasteiger partial charge in [-0.15, -0.1) is 0 Å². The Balaban J connectivity index is 1.62. The molecule has 4 N–H and O–H groups in total. The smallest absolute Gasteiger partial charge is 0.316 e. The highest BCUT2D eigenvalue weighted by Gasteiger charge is 2.39. The Bertz CT molecular complexity index is 979. The van der Waals surface area contributed by atoms with Gasteiger partial charge in [0.25, 0.3) is 5.91 Å². The molecule has 144 valence electrons. The first kappa shape index (κ1) is 18.0. The van der Waals surface area contributed by atoms with Gasteiger partial charge >= 0.3 is 11.1 Å². The molecule has 0 radical (unpaired) electrons. The number of rotatable bonds is 3. The van der Waals surface area contributed by atoms with E-state index in [1.54, 1.807) is 18.2 Å².